The molecule has 1 aromatic heterocycles. The number of rotatable bonds is 5. The van der Waals surface area contributed by atoms with Gasteiger partial charge >= 0.3 is 6.18 Å². The first-order valence-electron chi connectivity index (χ1n) is 11.7. The molecule has 0 aliphatic carbocycles. The Morgan fingerprint density at radius 2 is 1.60 bits per heavy atom. The second-order valence-corrected chi connectivity index (χ2v) is 11.0. The number of hydrogen-bond donors (Lipinski definition) is 1. The van der Waals surface area contributed by atoms with Crippen LogP contribution in [-0.2, 0) is 21.0 Å². The largest absolute Gasteiger partial charge is 0.417 e. The predicted molar refractivity (Wildman–Crippen MR) is 125 cm³/mol. The van der Waals surface area contributed by atoms with Gasteiger partial charge in [0.1, 0.15) is 5.82 Å². The monoisotopic (exact) mass is 510 g/mol. The van der Waals surface area contributed by atoms with Crippen LogP contribution >= 0.6 is 0 Å². The summed E-state index contributed by atoms with van der Waals surface area (Å²) in [6.45, 7) is 3.62. The molecule has 35 heavy (non-hydrogen) atoms. The Hall–Kier alpha value is -2.66. The molecule has 0 unspecified atom stereocenters. The van der Waals surface area contributed by atoms with Gasteiger partial charge in [-0.3, -0.25) is 4.79 Å². The van der Waals surface area contributed by atoms with Crippen molar-refractivity contribution in [3.63, 3.8) is 0 Å². The number of sulfonamides is 1. The molecule has 4 rings (SSSR count). The van der Waals surface area contributed by atoms with E-state index in [-0.39, 0.29) is 16.8 Å². The molecular formula is C24H29F3N4O3S. The third-order valence-corrected chi connectivity index (χ3v) is 8.74. The van der Waals surface area contributed by atoms with E-state index in [0.717, 1.165) is 30.7 Å². The highest BCUT2D eigenvalue weighted by molar-refractivity contribution is 7.89. The Balaban J connectivity index is 1.32. The van der Waals surface area contributed by atoms with Crippen LogP contribution in [0.15, 0.2) is 47.5 Å². The van der Waals surface area contributed by atoms with Gasteiger partial charge in [0.05, 0.1) is 10.5 Å². The van der Waals surface area contributed by atoms with E-state index < -0.39 is 21.8 Å². The second kappa shape index (κ2) is 10.1. The minimum absolute atomic E-state index is 0.0751. The lowest BCUT2D eigenvalue weighted by Crippen LogP contribution is -2.42. The molecule has 0 saturated carbocycles. The van der Waals surface area contributed by atoms with Gasteiger partial charge in [0.15, 0.2) is 0 Å². The Morgan fingerprint density at radius 1 is 0.971 bits per heavy atom. The standard InChI is InChI=1S/C24H29F3N4O3S/c1-17(32)30-12-8-19(9-13-30)18-2-5-22(6-3-18)35(33,34)31-14-10-21(11-15-31)29-23-7-4-20(16-28-23)24(25,26)27/h2-7,16,19,21H,8-15H2,1H3,(H,28,29). The van der Waals surface area contributed by atoms with Crippen LogP contribution in [0.4, 0.5) is 19.0 Å². The lowest BCUT2D eigenvalue weighted by atomic mass is 9.89. The maximum atomic E-state index is 13.1. The van der Waals surface area contributed by atoms with Crippen molar-refractivity contribution in [1.82, 2.24) is 14.2 Å². The fourth-order valence-electron chi connectivity index (χ4n) is 4.69. The van der Waals surface area contributed by atoms with Gasteiger partial charge in [-0.1, -0.05) is 12.1 Å². The molecule has 11 heteroatoms. The molecule has 0 atom stereocenters. The average molecular weight is 511 g/mol. The molecule has 3 heterocycles. The molecule has 2 aromatic rings. The van der Waals surface area contributed by atoms with Gasteiger partial charge in [0.2, 0.25) is 15.9 Å². The highest BCUT2D eigenvalue weighted by Gasteiger charge is 2.32. The first-order valence-corrected chi connectivity index (χ1v) is 13.1. The highest BCUT2D eigenvalue weighted by Crippen LogP contribution is 2.31. The van der Waals surface area contributed by atoms with Crippen LogP contribution in [0.1, 0.15) is 49.7 Å². The summed E-state index contributed by atoms with van der Waals surface area (Å²) in [5.74, 6) is 0.728. The molecule has 2 aliphatic rings. The maximum absolute atomic E-state index is 13.1. The van der Waals surface area contributed by atoms with Gasteiger partial charge in [-0.15, -0.1) is 0 Å². The van der Waals surface area contributed by atoms with Crippen molar-refractivity contribution < 1.29 is 26.4 Å². The summed E-state index contributed by atoms with van der Waals surface area (Å²) in [6.07, 6.45) is -0.877. The molecule has 190 valence electrons. The SMILES string of the molecule is CC(=O)N1CCC(c2ccc(S(=O)(=O)N3CCC(Nc4ccc(C(F)(F)F)cn4)CC3)cc2)CC1. The van der Waals surface area contributed by atoms with E-state index in [1.165, 1.54) is 10.4 Å². The number of nitrogens with one attached hydrogen (secondary N) is 1. The van der Waals surface area contributed by atoms with Gasteiger partial charge in [0.25, 0.3) is 0 Å². The van der Waals surface area contributed by atoms with Crippen molar-refractivity contribution in [2.24, 2.45) is 0 Å². The number of amides is 1. The van der Waals surface area contributed by atoms with Crippen LogP contribution in [0.3, 0.4) is 0 Å². The van der Waals surface area contributed by atoms with Crippen LogP contribution in [0.25, 0.3) is 0 Å². The minimum Gasteiger partial charge on any atom is -0.367 e. The van der Waals surface area contributed by atoms with Crippen molar-refractivity contribution in [3.8, 4) is 0 Å². The van der Waals surface area contributed by atoms with Gasteiger partial charge in [-0.2, -0.15) is 17.5 Å². The van der Waals surface area contributed by atoms with E-state index in [1.54, 1.807) is 19.1 Å². The first kappa shape index (κ1) is 25.4. The number of benzene rings is 1. The summed E-state index contributed by atoms with van der Waals surface area (Å²) < 4.78 is 65.8. The lowest BCUT2D eigenvalue weighted by molar-refractivity contribution is -0.137. The van der Waals surface area contributed by atoms with Gasteiger partial charge in [-0.05, 0) is 61.4 Å². The summed E-state index contributed by atoms with van der Waals surface area (Å²) >= 11 is 0. The second-order valence-electron chi connectivity index (χ2n) is 9.10. The lowest BCUT2D eigenvalue weighted by Gasteiger charge is -2.32. The van der Waals surface area contributed by atoms with E-state index in [4.69, 9.17) is 0 Å². The first-order chi connectivity index (χ1) is 16.5. The van der Waals surface area contributed by atoms with Crippen molar-refractivity contribution in [3.05, 3.63) is 53.7 Å². The Bertz CT molecular complexity index is 1120. The maximum Gasteiger partial charge on any atom is 0.417 e. The molecule has 7 nitrogen and oxygen atoms in total. The number of alkyl halides is 3. The Kier molecular flexibility index (Phi) is 7.37. The normalized spacial score (nSPS) is 19.0. The fraction of sp³-hybridized carbons (Fsp3) is 0.500. The summed E-state index contributed by atoms with van der Waals surface area (Å²) in [6, 6.07) is 9.23. The topological polar surface area (TPSA) is 82.6 Å². The summed E-state index contributed by atoms with van der Waals surface area (Å²) in [4.78, 5) is 17.4. The van der Waals surface area contributed by atoms with E-state index in [2.05, 4.69) is 10.3 Å². The molecule has 2 saturated heterocycles. The van der Waals surface area contributed by atoms with E-state index in [9.17, 15) is 26.4 Å². The zero-order valence-corrected chi connectivity index (χ0v) is 20.3. The molecule has 1 N–H and O–H groups in total. The Labute approximate surface area is 203 Å². The van der Waals surface area contributed by atoms with Crippen LogP contribution < -0.4 is 5.32 Å². The van der Waals surface area contributed by atoms with Gasteiger partial charge in [0, 0.05) is 45.3 Å². The fourth-order valence-corrected chi connectivity index (χ4v) is 6.16. The molecule has 0 radical (unpaired) electrons. The van der Waals surface area contributed by atoms with E-state index >= 15 is 0 Å². The number of pyridine rings is 1. The third kappa shape index (κ3) is 5.95. The number of likely N-dealkylation sites (tertiary alicyclic amines) is 1. The summed E-state index contributed by atoms with van der Waals surface area (Å²) in [5, 5.41) is 3.10. The van der Waals surface area contributed by atoms with Crippen LogP contribution in [0, 0.1) is 0 Å². The van der Waals surface area contributed by atoms with Crippen LogP contribution in [0.2, 0.25) is 0 Å². The predicted octanol–water partition coefficient (Wildman–Crippen LogP) is 4.09. The third-order valence-electron chi connectivity index (χ3n) is 6.83. The number of anilines is 1. The number of hydrogen-bond acceptors (Lipinski definition) is 5. The van der Waals surface area contributed by atoms with Crippen molar-refractivity contribution in [2.75, 3.05) is 31.5 Å². The number of carbonyl (C=O) groups is 1. The number of aromatic nitrogens is 1. The number of carbonyl (C=O) groups excluding carboxylic acids is 1. The quantitative estimate of drug-likeness (QED) is 0.655. The van der Waals surface area contributed by atoms with E-state index in [1.807, 2.05) is 17.0 Å². The molecule has 2 fully saturated rings. The molecule has 2 aliphatic heterocycles. The van der Waals surface area contributed by atoms with E-state index in [0.29, 0.717) is 50.8 Å². The highest BCUT2D eigenvalue weighted by atomic mass is 32.2. The minimum atomic E-state index is -4.43. The molecular weight excluding hydrogens is 481 g/mol. The molecule has 0 spiro atoms. The molecule has 1 aromatic carbocycles. The zero-order chi connectivity index (χ0) is 25.2. The van der Waals surface area contributed by atoms with Crippen molar-refractivity contribution in [1.29, 1.82) is 0 Å². The van der Waals surface area contributed by atoms with Gasteiger partial charge < -0.3 is 10.2 Å². The molecule has 0 bridgehead atoms. The smallest absolute Gasteiger partial charge is 0.367 e. The number of halogens is 3. The summed E-state index contributed by atoms with van der Waals surface area (Å²) in [7, 11) is -3.64. The zero-order valence-electron chi connectivity index (χ0n) is 19.5. The average Bonchev–Trinajstić information content (AvgIpc) is 2.84. The molecule has 1 amide bonds. The van der Waals surface area contributed by atoms with Gasteiger partial charge in [-0.25, -0.2) is 13.4 Å². The van der Waals surface area contributed by atoms with Crippen molar-refractivity contribution in [2.45, 2.75) is 55.6 Å². The Morgan fingerprint density at radius 3 is 2.11 bits per heavy atom. The number of nitrogens with zero attached hydrogens (tertiary/aromatic N) is 3. The van der Waals surface area contributed by atoms with Crippen molar-refractivity contribution >= 4 is 21.7 Å². The summed E-state index contributed by atoms with van der Waals surface area (Å²) in [5.41, 5.74) is 0.274. The number of piperidine rings is 2. The van der Waals surface area contributed by atoms with Crippen LogP contribution in [0.5, 0.6) is 0 Å². The van der Waals surface area contributed by atoms with Crippen LogP contribution in [-0.4, -0.2) is 60.7 Å².